The molecule has 3 aromatic rings. The van der Waals surface area contributed by atoms with Crippen molar-refractivity contribution < 1.29 is 29.0 Å². The van der Waals surface area contributed by atoms with E-state index in [0.29, 0.717) is 10.5 Å². The van der Waals surface area contributed by atoms with E-state index in [1.165, 1.54) is 0 Å². The van der Waals surface area contributed by atoms with E-state index in [1.807, 2.05) is 6.07 Å². The van der Waals surface area contributed by atoms with Crippen molar-refractivity contribution in [3.63, 3.8) is 0 Å². The maximum atomic E-state index is 12.6. The van der Waals surface area contributed by atoms with Crippen LogP contribution < -0.4 is 4.90 Å². The second kappa shape index (κ2) is 9.23. The number of hydrogen-bond donors (Lipinski definition) is 2. The Balaban J connectivity index is 2.13. The Bertz CT molecular complexity index is 1190. The predicted octanol–water partition coefficient (Wildman–Crippen LogP) is 2.96. The van der Waals surface area contributed by atoms with E-state index >= 15 is 0 Å². The summed E-state index contributed by atoms with van der Waals surface area (Å²) in [5.74, 6) is 4.54. The molecule has 1 aromatic carbocycles. The molecule has 0 aliphatic rings. The zero-order valence-corrected chi connectivity index (χ0v) is 17.4. The number of ether oxygens (including phenoxy) is 1. The van der Waals surface area contributed by atoms with E-state index in [1.54, 1.807) is 45.0 Å². The zero-order valence-electron chi connectivity index (χ0n) is 17.4. The van der Waals surface area contributed by atoms with Crippen LogP contribution in [-0.2, 0) is 4.74 Å². The van der Waals surface area contributed by atoms with Crippen LogP contribution in [0.25, 0.3) is 23.0 Å². The molecule has 0 saturated heterocycles. The Labute approximate surface area is 182 Å². The second-order valence-corrected chi connectivity index (χ2v) is 7.26. The fourth-order valence-corrected chi connectivity index (χ4v) is 2.46. The molecule has 0 atom stereocenters. The maximum absolute atomic E-state index is 12.6. The summed E-state index contributed by atoms with van der Waals surface area (Å²) in [6.45, 7) is 4.36. The summed E-state index contributed by atoms with van der Waals surface area (Å²) >= 11 is 0. The van der Waals surface area contributed by atoms with E-state index in [0.717, 1.165) is 6.20 Å². The SMILES string of the molecule is CC(C)(C)OC(=O)N(C(=O)O)c1ncc(C#CCO)nc1-c1nnc(-c2ccccc2)o1. The van der Waals surface area contributed by atoms with Gasteiger partial charge in [-0.05, 0) is 38.8 Å². The minimum absolute atomic E-state index is 0.0896. The van der Waals surface area contributed by atoms with Gasteiger partial charge in [-0.15, -0.1) is 10.2 Å². The number of benzene rings is 1. The monoisotopic (exact) mass is 437 g/mol. The van der Waals surface area contributed by atoms with Crippen LogP contribution in [-0.4, -0.2) is 54.8 Å². The van der Waals surface area contributed by atoms with Gasteiger partial charge in [0.05, 0.1) is 6.20 Å². The summed E-state index contributed by atoms with van der Waals surface area (Å²) in [5.41, 5.74) is -0.445. The number of carbonyl (C=O) groups excluding carboxylic acids is 1. The van der Waals surface area contributed by atoms with Crippen LogP contribution in [0.1, 0.15) is 26.5 Å². The summed E-state index contributed by atoms with van der Waals surface area (Å²) in [6, 6.07) is 8.88. The third-order valence-corrected chi connectivity index (χ3v) is 3.68. The lowest BCUT2D eigenvalue weighted by Gasteiger charge is -2.24. The van der Waals surface area contributed by atoms with Crippen LogP contribution in [0.2, 0.25) is 0 Å². The summed E-state index contributed by atoms with van der Waals surface area (Å²) in [6.07, 6.45) is -1.68. The Hall–Kier alpha value is -4.30. The van der Waals surface area contributed by atoms with Crippen molar-refractivity contribution in [2.45, 2.75) is 26.4 Å². The van der Waals surface area contributed by atoms with Crippen molar-refractivity contribution in [2.75, 3.05) is 11.5 Å². The molecule has 0 spiro atoms. The topological polar surface area (TPSA) is 152 Å². The molecular formula is C21H19N5O6. The molecule has 2 aromatic heterocycles. The average Bonchev–Trinajstić information content (AvgIpc) is 3.22. The summed E-state index contributed by atoms with van der Waals surface area (Å²) in [5, 5.41) is 26.5. The number of anilines is 1. The van der Waals surface area contributed by atoms with E-state index in [-0.39, 0.29) is 23.2 Å². The average molecular weight is 437 g/mol. The number of imide groups is 1. The summed E-state index contributed by atoms with van der Waals surface area (Å²) in [7, 11) is 0. The van der Waals surface area contributed by atoms with Gasteiger partial charge in [0.1, 0.15) is 17.9 Å². The van der Waals surface area contributed by atoms with Gasteiger partial charge in [-0.1, -0.05) is 24.1 Å². The highest BCUT2D eigenvalue weighted by Gasteiger charge is 2.34. The van der Waals surface area contributed by atoms with Crippen LogP contribution >= 0.6 is 0 Å². The largest absolute Gasteiger partial charge is 0.464 e. The molecule has 32 heavy (non-hydrogen) atoms. The van der Waals surface area contributed by atoms with Gasteiger partial charge in [-0.2, -0.15) is 4.90 Å². The van der Waals surface area contributed by atoms with Gasteiger partial charge in [0.15, 0.2) is 11.5 Å². The number of aromatic nitrogens is 4. The van der Waals surface area contributed by atoms with Crippen LogP contribution in [0.5, 0.6) is 0 Å². The lowest BCUT2D eigenvalue weighted by Crippen LogP contribution is -2.41. The van der Waals surface area contributed by atoms with Gasteiger partial charge in [0.2, 0.25) is 5.89 Å². The fourth-order valence-electron chi connectivity index (χ4n) is 2.46. The van der Waals surface area contributed by atoms with Crippen molar-refractivity contribution in [1.82, 2.24) is 20.2 Å². The molecule has 0 unspecified atom stereocenters. The molecule has 0 radical (unpaired) electrons. The van der Waals surface area contributed by atoms with Crippen molar-refractivity contribution in [2.24, 2.45) is 0 Å². The molecule has 0 aliphatic carbocycles. The highest BCUT2D eigenvalue weighted by Crippen LogP contribution is 2.30. The highest BCUT2D eigenvalue weighted by molar-refractivity contribution is 6.09. The van der Waals surface area contributed by atoms with Gasteiger partial charge in [0.25, 0.3) is 5.89 Å². The van der Waals surface area contributed by atoms with Crippen molar-refractivity contribution in [1.29, 1.82) is 0 Å². The van der Waals surface area contributed by atoms with Crippen molar-refractivity contribution in [3.8, 4) is 34.9 Å². The van der Waals surface area contributed by atoms with E-state index in [9.17, 15) is 14.7 Å². The minimum Gasteiger partial charge on any atom is -0.464 e. The molecule has 164 valence electrons. The van der Waals surface area contributed by atoms with Gasteiger partial charge in [0, 0.05) is 5.56 Å². The lowest BCUT2D eigenvalue weighted by atomic mass is 10.2. The van der Waals surface area contributed by atoms with E-state index in [2.05, 4.69) is 32.0 Å². The maximum Gasteiger partial charge on any atom is 0.425 e. The lowest BCUT2D eigenvalue weighted by molar-refractivity contribution is 0.0581. The molecule has 0 bridgehead atoms. The Morgan fingerprint density at radius 3 is 2.47 bits per heavy atom. The predicted molar refractivity (Wildman–Crippen MR) is 111 cm³/mol. The van der Waals surface area contributed by atoms with Crippen LogP contribution in [0.15, 0.2) is 40.9 Å². The fraction of sp³-hybridized carbons (Fsp3) is 0.238. The quantitative estimate of drug-likeness (QED) is 0.585. The zero-order chi connectivity index (χ0) is 23.3. The molecule has 11 heteroatoms. The molecule has 0 fully saturated rings. The molecule has 0 saturated carbocycles. The van der Waals surface area contributed by atoms with Crippen molar-refractivity contribution >= 4 is 18.0 Å². The normalized spacial score (nSPS) is 10.8. The number of hydrogen-bond acceptors (Lipinski definition) is 9. The number of aliphatic hydroxyl groups excluding tert-OH is 1. The molecule has 2 heterocycles. The minimum atomic E-state index is -1.65. The number of carboxylic acid groups (broad SMARTS) is 1. The molecule has 2 amide bonds. The van der Waals surface area contributed by atoms with Gasteiger partial charge >= 0.3 is 12.2 Å². The number of rotatable bonds is 3. The summed E-state index contributed by atoms with van der Waals surface area (Å²) < 4.78 is 10.9. The number of aliphatic hydroxyl groups is 1. The van der Waals surface area contributed by atoms with Crippen LogP contribution in [0.3, 0.4) is 0 Å². The van der Waals surface area contributed by atoms with Gasteiger partial charge in [-0.25, -0.2) is 19.6 Å². The molecule has 3 rings (SSSR count). The van der Waals surface area contributed by atoms with E-state index in [4.69, 9.17) is 14.3 Å². The number of amides is 2. The first-order valence-electron chi connectivity index (χ1n) is 9.31. The third kappa shape index (κ3) is 5.24. The highest BCUT2D eigenvalue weighted by atomic mass is 16.6. The van der Waals surface area contributed by atoms with Crippen molar-refractivity contribution in [3.05, 3.63) is 42.2 Å². The van der Waals surface area contributed by atoms with Crippen LogP contribution in [0.4, 0.5) is 15.4 Å². The van der Waals surface area contributed by atoms with Gasteiger partial charge < -0.3 is 19.4 Å². The molecule has 11 nitrogen and oxygen atoms in total. The number of nitrogens with zero attached hydrogens (tertiary/aromatic N) is 5. The van der Waals surface area contributed by atoms with Crippen LogP contribution in [0, 0.1) is 11.8 Å². The molecular weight excluding hydrogens is 418 g/mol. The van der Waals surface area contributed by atoms with E-state index < -0.39 is 30.2 Å². The summed E-state index contributed by atoms with van der Waals surface area (Å²) in [4.78, 5) is 33.1. The Kier molecular flexibility index (Phi) is 6.46. The first-order valence-corrected chi connectivity index (χ1v) is 9.31. The Morgan fingerprint density at radius 2 is 1.84 bits per heavy atom. The first-order chi connectivity index (χ1) is 15.2. The molecule has 0 aliphatic heterocycles. The standard InChI is InChI=1S/C21H19N5O6/c1-21(2,3)32-20(30)26(19(28)29)16-15(23-14(12-22-16)10-7-11-27)18-25-24-17(31-18)13-8-5-4-6-9-13/h4-6,8-9,12,27H,11H2,1-3H3,(H,28,29). The smallest absolute Gasteiger partial charge is 0.425 e. The molecule has 2 N–H and O–H groups in total. The number of carbonyl (C=O) groups is 2. The first kappa shape index (κ1) is 22.4. The third-order valence-electron chi connectivity index (χ3n) is 3.68. The van der Waals surface area contributed by atoms with Gasteiger partial charge in [-0.3, -0.25) is 0 Å². The second-order valence-electron chi connectivity index (χ2n) is 7.26. The Morgan fingerprint density at radius 1 is 1.16 bits per heavy atom.